The number of thiazole rings is 1. The van der Waals surface area contributed by atoms with E-state index >= 15 is 0 Å². The van der Waals surface area contributed by atoms with E-state index < -0.39 is 18.1 Å². The number of carboxylic acids is 1. The van der Waals surface area contributed by atoms with Crippen LogP contribution in [0.3, 0.4) is 0 Å². The Labute approximate surface area is 144 Å². The maximum absolute atomic E-state index is 12.3. The summed E-state index contributed by atoms with van der Waals surface area (Å²) >= 11 is 1.07. The van der Waals surface area contributed by atoms with E-state index in [0.29, 0.717) is 16.5 Å². The zero-order valence-corrected chi connectivity index (χ0v) is 14.8. The first-order chi connectivity index (χ1) is 11.3. The van der Waals surface area contributed by atoms with Crippen LogP contribution >= 0.6 is 11.3 Å². The maximum atomic E-state index is 12.3. The van der Waals surface area contributed by atoms with Gasteiger partial charge >= 0.3 is 5.97 Å². The summed E-state index contributed by atoms with van der Waals surface area (Å²) in [5.74, 6) is -0.664. The van der Waals surface area contributed by atoms with Crippen molar-refractivity contribution in [1.82, 2.24) is 10.3 Å². The van der Waals surface area contributed by atoms with Crippen LogP contribution in [0, 0.1) is 13.8 Å². The average Bonchev–Trinajstić information content (AvgIpc) is 2.89. The van der Waals surface area contributed by atoms with Crippen LogP contribution in [0.15, 0.2) is 24.3 Å². The second-order valence-corrected chi connectivity index (χ2v) is 6.61. The average molecular weight is 348 g/mol. The summed E-state index contributed by atoms with van der Waals surface area (Å²) in [6.45, 7) is 7.02. The molecule has 7 heteroatoms. The Hall–Kier alpha value is -2.41. The van der Waals surface area contributed by atoms with Gasteiger partial charge in [-0.3, -0.25) is 4.79 Å². The van der Waals surface area contributed by atoms with Crippen molar-refractivity contribution in [2.75, 3.05) is 0 Å². The Morgan fingerprint density at radius 1 is 1.29 bits per heavy atom. The highest BCUT2D eigenvalue weighted by Gasteiger charge is 2.22. The number of nitrogens with zero attached hydrogens (tertiary/aromatic N) is 1. The molecule has 2 rings (SSSR count). The summed E-state index contributed by atoms with van der Waals surface area (Å²) in [5, 5.41) is 12.4. The van der Waals surface area contributed by atoms with E-state index in [2.05, 4.69) is 10.3 Å². The molecule has 2 aromatic rings. The first-order valence-electron chi connectivity index (χ1n) is 7.52. The Morgan fingerprint density at radius 3 is 2.58 bits per heavy atom. The lowest BCUT2D eigenvalue weighted by atomic mass is 10.2. The van der Waals surface area contributed by atoms with E-state index in [1.54, 1.807) is 26.8 Å². The zero-order chi connectivity index (χ0) is 17.9. The Kier molecular flexibility index (Phi) is 5.56. The van der Waals surface area contributed by atoms with Crippen molar-refractivity contribution in [1.29, 1.82) is 0 Å². The number of ether oxygens (including phenoxy) is 1. The second-order valence-electron chi connectivity index (χ2n) is 5.58. The third kappa shape index (κ3) is 4.32. The lowest BCUT2D eigenvalue weighted by Crippen LogP contribution is -2.37. The molecule has 2 N–H and O–H groups in total. The minimum Gasteiger partial charge on any atom is -0.481 e. The van der Waals surface area contributed by atoms with E-state index in [4.69, 9.17) is 9.84 Å². The van der Waals surface area contributed by atoms with Gasteiger partial charge in [-0.1, -0.05) is 12.1 Å². The molecule has 1 aromatic heterocycles. The number of aromatic nitrogens is 1. The van der Waals surface area contributed by atoms with Crippen molar-refractivity contribution >= 4 is 23.2 Å². The number of carbonyl (C=O) groups is 2. The molecule has 0 saturated carbocycles. The fourth-order valence-electron chi connectivity index (χ4n) is 2.14. The van der Waals surface area contributed by atoms with Crippen LogP contribution < -0.4 is 10.1 Å². The predicted molar refractivity (Wildman–Crippen MR) is 91.6 cm³/mol. The van der Waals surface area contributed by atoms with Crippen LogP contribution in [-0.4, -0.2) is 28.1 Å². The number of hydrogen-bond acceptors (Lipinski definition) is 5. The molecule has 0 fully saturated rings. The molecule has 0 aliphatic rings. The van der Waals surface area contributed by atoms with Crippen molar-refractivity contribution in [3.8, 4) is 5.75 Å². The van der Waals surface area contributed by atoms with Crippen molar-refractivity contribution in [3.05, 3.63) is 45.4 Å². The number of aryl methyl sites for hydroxylation is 2. The van der Waals surface area contributed by atoms with E-state index in [0.717, 1.165) is 16.9 Å². The molecule has 0 aliphatic heterocycles. The van der Waals surface area contributed by atoms with E-state index in [1.165, 1.54) is 0 Å². The minimum atomic E-state index is -1.01. The molecular formula is C17H20N2O4S. The van der Waals surface area contributed by atoms with Gasteiger partial charge in [-0.05, 0) is 45.4 Å². The molecule has 0 radical (unpaired) electrons. The quantitative estimate of drug-likeness (QED) is 0.837. The number of rotatable bonds is 6. The summed E-state index contributed by atoms with van der Waals surface area (Å²) in [7, 11) is 0. The summed E-state index contributed by atoms with van der Waals surface area (Å²) in [4.78, 5) is 27.8. The molecule has 2 unspecified atom stereocenters. The molecule has 1 heterocycles. The van der Waals surface area contributed by atoms with Crippen molar-refractivity contribution in [2.45, 2.75) is 39.8 Å². The van der Waals surface area contributed by atoms with Gasteiger partial charge in [0, 0.05) is 0 Å². The minimum absolute atomic E-state index is 0.190. The number of hydrogen-bond donors (Lipinski definition) is 2. The van der Waals surface area contributed by atoms with Gasteiger partial charge in [0.25, 0.3) is 5.91 Å². The molecule has 1 aromatic carbocycles. The van der Waals surface area contributed by atoms with Crippen LogP contribution in [-0.2, 0) is 4.79 Å². The lowest BCUT2D eigenvalue weighted by molar-refractivity contribution is -0.127. The SMILES string of the molecule is Cc1cccc(OC(C)C(=O)NC(C)c2nc(C)c(C(=O)O)s2)c1. The van der Waals surface area contributed by atoms with Crippen molar-refractivity contribution in [2.24, 2.45) is 0 Å². The molecule has 0 bridgehead atoms. The van der Waals surface area contributed by atoms with E-state index in [1.807, 2.05) is 25.1 Å². The molecule has 6 nitrogen and oxygen atoms in total. The molecule has 24 heavy (non-hydrogen) atoms. The summed E-state index contributed by atoms with van der Waals surface area (Å²) in [6.07, 6.45) is -0.672. The van der Waals surface area contributed by atoms with Crippen LogP contribution in [0.5, 0.6) is 5.75 Å². The predicted octanol–water partition coefficient (Wildman–Crippen LogP) is 3.10. The normalized spacial score (nSPS) is 13.2. The molecule has 0 saturated heterocycles. The second kappa shape index (κ2) is 7.44. The first-order valence-corrected chi connectivity index (χ1v) is 8.34. The Balaban J connectivity index is 2.00. The van der Waals surface area contributed by atoms with Crippen LogP contribution in [0.25, 0.3) is 0 Å². The largest absolute Gasteiger partial charge is 0.481 e. The molecule has 0 spiro atoms. The molecule has 1 amide bonds. The van der Waals surface area contributed by atoms with Gasteiger partial charge in [0.15, 0.2) is 6.10 Å². The summed E-state index contributed by atoms with van der Waals surface area (Å²) in [5.41, 5.74) is 1.50. The third-order valence-electron chi connectivity index (χ3n) is 3.41. The monoisotopic (exact) mass is 348 g/mol. The van der Waals surface area contributed by atoms with Gasteiger partial charge in [-0.2, -0.15) is 0 Å². The number of amides is 1. The highest BCUT2D eigenvalue weighted by Crippen LogP contribution is 2.23. The lowest BCUT2D eigenvalue weighted by Gasteiger charge is -2.17. The van der Waals surface area contributed by atoms with Crippen molar-refractivity contribution < 1.29 is 19.4 Å². The number of benzene rings is 1. The van der Waals surface area contributed by atoms with Crippen LogP contribution in [0.4, 0.5) is 0 Å². The topological polar surface area (TPSA) is 88.5 Å². The smallest absolute Gasteiger partial charge is 0.347 e. The summed E-state index contributed by atoms with van der Waals surface area (Å²) in [6, 6.07) is 7.08. The molecular weight excluding hydrogens is 328 g/mol. The highest BCUT2D eigenvalue weighted by atomic mass is 32.1. The number of nitrogens with one attached hydrogen (secondary N) is 1. The maximum Gasteiger partial charge on any atom is 0.347 e. The summed E-state index contributed by atoms with van der Waals surface area (Å²) < 4.78 is 5.64. The van der Waals surface area contributed by atoms with Crippen molar-refractivity contribution in [3.63, 3.8) is 0 Å². The highest BCUT2D eigenvalue weighted by molar-refractivity contribution is 7.13. The van der Waals surface area contributed by atoms with Gasteiger partial charge in [-0.25, -0.2) is 9.78 Å². The fourth-order valence-corrected chi connectivity index (χ4v) is 3.05. The van der Waals surface area contributed by atoms with E-state index in [9.17, 15) is 9.59 Å². The standard InChI is InChI=1S/C17H20N2O4S/c1-9-6-5-7-13(8-9)23-12(4)15(20)18-11(3)16-19-10(2)14(24-16)17(21)22/h5-8,11-12H,1-4H3,(H,18,20)(H,21,22). The van der Waals surface area contributed by atoms with Crippen LogP contribution in [0.1, 0.15) is 45.8 Å². The number of aromatic carboxylic acids is 1. The van der Waals surface area contributed by atoms with Gasteiger partial charge in [0.2, 0.25) is 0 Å². The van der Waals surface area contributed by atoms with Gasteiger partial charge in [0.05, 0.1) is 11.7 Å². The Morgan fingerprint density at radius 2 is 2.00 bits per heavy atom. The van der Waals surface area contributed by atoms with Gasteiger partial charge in [-0.15, -0.1) is 11.3 Å². The fraction of sp³-hybridized carbons (Fsp3) is 0.353. The third-order valence-corrected chi connectivity index (χ3v) is 4.74. The number of carboxylic acid groups (broad SMARTS) is 1. The molecule has 0 aliphatic carbocycles. The van der Waals surface area contributed by atoms with Gasteiger partial charge < -0.3 is 15.2 Å². The van der Waals surface area contributed by atoms with Crippen LogP contribution in [0.2, 0.25) is 0 Å². The molecule has 2 atom stereocenters. The zero-order valence-electron chi connectivity index (χ0n) is 14.0. The number of carbonyl (C=O) groups excluding carboxylic acids is 1. The first kappa shape index (κ1) is 17.9. The van der Waals surface area contributed by atoms with E-state index in [-0.39, 0.29) is 10.8 Å². The van der Waals surface area contributed by atoms with Gasteiger partial charge in [0.1, 0.15) is 15.6 Å². The molecule has 128 valence electrons. The Bertz CT molecular complexity index is 757.